The Balaban J connectivity index is 1.59. The van der Waals surface area contributed by atoms with Crippen molar-refractivity contribution in [3.8, 4) is 27.8 Å². The molecule has 6 nitrogen and oxygen atoms in total. The van der Waals surface area contributed by atoms with Gasteiger partial charge in [-0.15, -0.1) is 11.3 Å². The summed E-state index contributed by atoms with van der Waals surface area (Å²) in [4.78, 5) is 16.6. The number of esters is 1. The van der Waals surface area contributed by atoms with Crippen molar-refractivity contribution in [3.63, 3.8) is 0 Å². The van der Waals surface area contributed by atoms with Gasteiger partial charge in [0.25, 0.3) is 0 Å². The highest BCUT2D eigenvalue weighted by atomic mass is 32.1. The second-order valence-corrected chi connectivity index (χ2v) is 7.26. The van der Waals surface area contributed by atoms with Crippen LogP contribution in [0.4, 0.5) is 0 Å². The topological polar surface area (TPSA) is 66.9 Å². The van der Waals surface area contributed by atoms with E-state index in [1.807, 2.05) is 55.6 Å². The summed E-state index contributed by atoms with van der Waals surface area (Å²) in [6, 6.07) is 11.5. The first-order valence-electron chi connectivity index (χ1n) is 9.03. The van der Waals surface area contributed by atoms with E-state index < -0.39 is 5.97 Å². The molecule has 0 bridgehead atoms. The number of aromatic nitrogens is 1. The predicted molar refractivity (Wildman–Crippen MR) is 112 cm³/mol. The van der Waals surface area contributed by atoms with Gasteiger partial charge in [0.2, 0.25) is 0 Å². The molecule has 0 unspecified atom stereocenters. The van der Waals surface area contributed by atoms with E-state index in [-0.39, 0.29) is 13.2 Å². The fourth-order valence-electron chi connectivity index (χ4n) is 2.75. The summed E-state index contributed by atoms with van der Waals surface area (Å²) in [5, 5.41) is 2.62. The van der Waals surface area contributed by atoms with Crippen molar-refractivity contribution in [2.75, 3.05) is 20.8 Å². The number of aryl methyl sites for hydroxylation is 2. The van der Waals surface area contributed by atoms with Gasteiger partial charge >= 0.3 is 5.97 Å². The number of ether oxygens (including phenoxy) is 4. The Hall–Kier alpha value is -3.06. The van der Waals surface area contributed by atoms with Gasteiger partial charge in [-0.1, -0.05) is 18.2 Å². The molecule has 0 aliphatic heterocycles. The van der Waals surface area contributed by atoms with Crippen LogP contribution in [0, 0.1) is 13.8 Å². The van der Waals surface area contributed by atoms with E-state index in [4.69, 9.17) is 18.9 Å². The van der Waals surface area contributed by atoms with Gasteiger partial charge in [-0.05, 0) is 43.2 Å². The Morgan fingerprint density at radius 3 is 2.66 bits per heavy atom. The number of carbonyl (C=O) groups is 1. The lowest BCUT2D eigenvalue weighted by Crippen LogP contribution is -2.15. The molecule has 0 aliphatic carbocycles. The lowest BCUT2D eigenvalue weighted by Gasteiger charge is -2.10. The number of thiazole rings is 1. The Kier molecular flexibility index (Phi) is 6.72. The van der Waals surface area contributed by atoms with Crippen LogP contribution in [0.1, 0.15) is 16.8 Å². The molecule has 3 aromatic rings. The van der Waals surface area contributed by atoms with Gasteiger partial charge in [0.15, 0.2) is 18.1 Å². The smallest absolute Gasteiger partial charge is 0.344 e. The van der Waals surface area contributed by atoms with E-state index in [1.54, 1.807) is 14.2 Å². The van der Waals surface area contributed by atoms with Crippen LogP contribution < -0.4 is 14.2 Å². The van der Waals surface area contributed by atoms with Crippen LogP contribution in [-0.2, 0) is 16.1 Å². The maximum absolute atomic E-state index is 12.0. The van der Waals surface area contributed by atoms with Crippen molar-refractivity contribution in [1.29, 1.82) is 0 Å². The average molecular weight is 413 g/mol. The minimum atomic E-state index is -0.445. The van der Waals surface area contributed by atoms with Crippen LogP contribution in [0.5, 0.6) is 17.2 Å². The minimum absolute atomic E-state index is 0.0811. The fraction of sp³-hybridized carbons (Fsp3) is 0.273. The molecule has 0 saturated heterocycles. The molecule has 0 N–H and O–H groups in total. The van der Waals surface area contributed by atoms with Gasteiger partial charge in [0.1, 0.15) is 17.4 Å². The monoisotopic (exact) mass is 413 g/mol. The molecule has 7 heteroatoms. The van der Waals surface area contributed by atoms with Crippen molar-refractivity contribution < 1.29 is 23.7 Å². The zero-order chi connectivity index (χ0) is 20.8. The summed E-state index contributed by atoms with van der Waals surface area (Å²) in [6.07, 6.45) is 0. The normalized spacial score (nSPS) is 10.5. The van der Waals surface area contributed by atoms with E-state index in [1.165, 1.54) is 11.3 Å². The van der Waals surface area contributed by atoms with E-state index in [2.05, 4.69) is 4.98 Å². The summed E-state index contributed by atoms with van der Waals surface area (Å²) in [6.45, 7) is 3.84. The molecule has 0 amide bonds. The second-order valence-electron chi connectivity index (χ2n) is 6.40. The molecule has 0 spiro atoms. The number of carbonyl (C=O) groups excluding carboxylic acids is 1. The molecular formula is C22H23NO5S. The van der Waals surface area contributed by atoms with Crippen LogP contribution in [0.15, 0.2) is 41.8 Å². The van der Waals surface area contributed by atoms with Gasteiger partial charge in [0, 0.05) is 5.38 Å². The van der Waals surface area contributed by atoms with Crippen LogP contribution >= 0.6 is 11.3 Å². The van der Waals surface area contributed by atoms with Crippen LogP contribution in [-0.4, -0.2) is 31.8 Å². The Morgan fingerprint density at radius 1 is 1.07 bits per heavy atom. The fourth-order valence-corrected chi connectivity index (χ4v) is 3.57. The van der Waals surface area contributed by atoms with Gasteiger partial charge in [0.05, 0.1) is 25.5 Å². The zero-order valence-electron chi connectivity index (χ0n) is 16.9. The quantitative estimate of drug-likeness (QED) is 0.504. The molecule has 3 rings (SSSR count). The largest absolute Gasteiger partial charge is 0.493 e. The first-order valence-corrected chi connectivity index (χ1v) is 9.91. The maximum Gasteiger partial charge on any atom is 0.344 e. The third kappa shape index (κ3) is 5.06. The predicted octanol–water partition coefficient (Wildman–Crippen LogP) is 4.57. The highest BCUT2D eigenvalue weighted by molar-refractivity contribution is 7.13. The lowest BCUT2D eigenvalue weighted by molar-refractivity contribution is -0.147. The summed E-state index contributed by atoms with van der Waals surface area (Å²) in [7, 11) is 3.18. The van der Waals surface area contributed by atoms with Crippen LogP contribution in [0.3, 0.4) is 0 Å². The molecular weight excluding hydrogens is 390 g/mol. The zero-order valence-corrected chi connectivity index (χ0v) is 17.7. The average Bonchev–Trinajstić information content (AvgIpc) is 3.21. The Labute approximate surface area is 174 Å². The van der Waals surface area contributed by atoms with Crippen molar-refractivity contribution in [3.05, 3.63) is 58.6 Å². The van der Waals surface area contributed by atoms with E-state index in [0.29, 0.717) is 22.9 Å². The van der Waals surface area contributed by atoms with E-state index >= 15 is 0 Å². The number of methoxy groups -OCH3 is 2. The third-order valence-electron chi connectivity index (χ3n) is 4.26. The number of nitrogens with zero attached hydrogens (tertiary/aromatic N) is 1. The summed E-state index contributed by atoms with van der Waals surface area (Å²) >= 11 is 1.45. The highest BCUT2D eigenvalue weighted by Crippen LogP contribution is 2.39. The summed E-state index contributed by atoms with van der Waals surface area (Å²) < 4.78 is 21.7. The van der Waals surface area contributed by atoms with Gasteiger partial charge in [-0.25, -0.2) is 9.78 Å². The van der Waals surface area contributed by atoms with E-state index in [0.717, 1.165) is 21.7 Å². The van der Waals surface area contributed by atoms with E-state index in [9.17, 15) is 4.79 Å². The van der Waals surface area contributed by atoms with Crippen LogP contribution in [0.2, 0.25) is 0 Å². The number of hydrogen-bond acceptors (Lipinski definition) is 7. The molecule has 1 aromatic heterocycles. The Bertz CT molecular complexity index is 999. The van der Waals surface area contributed by atoms with Crippen molar-refractivity contribution in [1.82, 2.24) is 4.98 Å². The first kappa shape index (κ1) is 20.7. The Morgan fingerprint density at radius 2 is 1.90 bits per heavy atom. The second kappa shape index (κ2) is 9.43. The highest BCUT2D eigenvalue weighted by Gasteiger charge is 2.15. The molecule has 152 valence electrons. The molecule has 0 atom stereocenters. The molecule has 0 saturated carbocycles. The number of rotatable bonds is 8. The molecule has 2 aromatic carbocycles. The van der Waals surface area contributed by atoms with Gasteiger partial charge < -0.3 is 18.9 Å². The summed E-state index contributed by atoms with van der Waals surface area (Å²) in [5.41, 5.74) is 3.53. The molecule has 1 heterocycles. The van der Waals surface area contributed by atoms with Crippen molar-refractivity contribution in [2.24, 2.45) is 0 Å². The van der Waals surface area contributed by atoms with Gasteiger partial charge in [-0.2, -0.15) is 0 Å². The molecule has 29 heavy (non-hydrogen) atoms. The van der Waals surface area contributed by atoms with Crippen molar-refractivity contribution in [2.45, 2.75) is 20.5 Å². The number of para-hydroxylation sites is 1. The minimum Gasteiger partial charge on any atom is -0.493 e. The molecule has 0 fully saturated rings. The third-order valence-corrected chi connectivity index (χ3v) is 5.18. The van der Waals surface area contributed by atoms with Crippen molar-refractivity contribution >= 4 is 17.3 Å². The standard InChI is InChI=1S/C22H23NO5S/c1-14-8-9-15(2)19(10-14)27-12-20(24)28-11-16-13-29-22(23-16)17-6-5-7-18(25-3)21(17)26-4/h5-10,13H,11-12H2,1-4H3. The van der Waals surface area contributed by atoms with Crippen LogP contribution in [0.25, 0.3) is 10.6 Å². The molecule has 0 radical (unpaired) electrons. The molecule has 0 aliphatic rings. The lowest BCUT2D eigenvalue weighted by atomic mass is 10.1. The number of hydrogen-bond donors (Lipinski definition) is 0. The number of benzene rings is 2. The first-order chi connectivity index (χ1) is 14.0. The maximum atomic E-state index is 12.0. The SMILES string of the molecule is COc1cccc(-c2nc(COC(=O)COc3cc(C)ccc3C)cs2)c1OC. The summed E-state index contributed by atoms with van der Waals surface area (Å²) in [5.74, 6) is 1.49. The van der Waals surface area contributed by atoms with Gasteiger partial charge in [-0.3, -0.25) is 0 Å².